The minimum Gasteiger partial charge on any atom is -0.317 e. The lowest BCUT2D eigenvalue weighted by atomic mass is 10.3. The normalized spacial score (nSPS) is 11.8. The molecule has 3 aromatic heterocycles. The molecule has 0 atom stereocenters. The first-order valence-electron chi connectivity index (χ1n) is 8.59. The van der Waals surface area contributed by atoms with Gasteiger partial charge in [0.05, 0.1) is 11.4 Å². The Balaban J connectivity index is 2.13. The van der Waals surface area contributed by atoms with Gasteiger partial charge in [0.2, 0.25) is 21.3 Å². The predicted octanol–water partition coefficient (Wildman–Crippen LogP) is 2.50. The Kier molecular flexibility index (Phi) is 4.71. The van der Waals surface area contributed by atoms with Crippen molar-refractivity contribution in [2.75, 3.05) is 5.73 Å². The molecule has 0 aliphatic rings. The van der Waals surface area contributed by atoms with Crippen molar-refractivity contribution in [3.8, 4) is 0 Å². The van der Waals surface area contributed by atoms with Crippen LogP contribution in [-0.2, 0) is 16.4 Å². The Hall–Kier alpha value is -3.04. The van der Waals surface area contributed by atoms with E-state index in [1.54, 1.807) is 42.6 Å². The second kappa shape index (κ2) is 7.09. The summed E-state index contributed by atoms with van der Waals surface area (Å²) in [6, 6.07) is 12.7. The number of pyridine rings is 2. The van der Waals surface area contributed by atoms with Crippen molar-refractivity contribution in [1.29, 1.82) is 0 Å². The van der Waals surface area contributed by atoms with Gasteiger partial charge in [0, 0.05) is 10.7 Å². The van der Waals surface area contributed by atoms with Gasteiger partial charge in [-0.2, -0.15) is 0 Å². The van der Waals surface area contributed by atoms with E-state index in [0.29, 0.717) is 11.3 Å². The molecule has 0 amide bonds. The van der Waals surface area contributed by atoms with Crippen LogP contribution >= 0.6 is 15.9 Å². The molecule has 4 rings (SSSR count). The van der Waals surface area contributed by atoms with Crippen molar-refractivity contribution >= 4 is 48.3 Å². The third-order valence-corrected chi connectivity index (χ3v) is 6.88. The van der Waals surface area contributed by atoms with Crippen molar-refractivity contribution in [2.45, 2.75) is 16.3 Å². The van der Waals surface area contributed by atoms with E-state index < -0.39 is 9.84 Å². The van der Waals surface area contributed by atoms with E-state index >= 15 is 0 Å². The monoisotopic (exact) mass is 471 g/mol. The quantitative estimate of drug-likeness (QED) is 0.280. The molecule has 1 aromatic carbocycles. The van der Waals surface area contributed by atoms with Gasteiger partial charge in [-0.3, -0.25) is 9.20 Å². The van der Waals surface area contributed by atoms with Gasteiger partial charge in [-0.1, -0.05) is 39.6 Å². The number of rotatable bonds is 4. The first-order chi connectivity index (χ1) is 13.8. The number of fused-ring (bicyclic) bond motifs is 2. The molecular formula is C20H16BrN4O3S+. The molecule has 146 valence electrons. The molecule has 29 heavy (non-hydrogen) atoms. The van der Waals surface area contributed by atoms with E-state index in [1.807, 2.05) is 0 Å². The Labute approximate surface area is 174 Å². The third-order valence-electron chi connectivity index (χ3n) is 4.55. The topological polar surface area (TPSA) is 98.4 Å². The number of nitrogens with two attached hydrogens (primary N) is 1. The Bertz CT molecular complexity index is 1450. The summed E-state index contributed by atoms with van der Waals surface area (Å²) in [5.41, 5.74) is 6.62. The Morgan fingerprint density at radius 2 is 1.93 bits per heavy atom. The highest BCUT2D eigenvalue weighted by Gasteiger charge is 2.29. The number of halogens is 1. The van der Waals surface area contributed by atoms with Gasteiger partial charge in [-0.25, -0.2) is 13.0 Å². The minimum absolute atomic E-state index is 0.00694. The highest BCUT2D eigenvalue weighted by molar-refractivity contribution is 9.10. The SMILES string of the molecule is C=CC[n+]1c(N)c(S(=O)(=O)c2ccc(Br)cc2)cc2c(=O)n3ccccc3nc21. The summed E-state index contributed by atoms with van der Waals surface area (Å²) in [6.45, 7) is 3.90. The Morgan fingerprint density at radius 1 is 1.21 bits per heavy atom. The van der Waals surface area contributed by atoms with Crippen LogP contribution in [0.5, 0.6) is 0 Å². The maximum Gasteiger partial charge on any atom is 0.278 e. The van der Waals surface area contributed by atoms with E-state index in [9.17, 15) is 13.2 Å². The molecule has 9 heteroatoms. The van der Waals surface area contributed by atoms with Crippen LogP contribution in [0.2, 0.25) is 0 Å². The van der Waals surface area contributed by atoms with Crippen LogP contribution in [0.15, 0.2) is 86.4 Å². The average molecular weight is 472 g/mol. The number of hydrogen-bond donors (Lipinski definition) is 1. The molecular weight excluding hydrogens is 456 g/mol. The fourth-order valence-electron chi connectivity index (χ4n) is 3.15. The summed E-state index contributed by atoms with van der Waals surface area (Å²) in [6.07, 6.45) is 3.15. The molecule has 0 aliphatic carbocycles. The molecule has 0 saturated heterocycles. The molecule has 4 aromatic rings. The van der Waals surface area contributed by atoms with Crippen LogP contribution in [0.1, 0.15) is 0 Å². The fraction of sp³-hybridized carbons (Fsp3) is 0.0500. The van der Waals surface area contributed by atoms with Crippen LogP contribution in [0, 0.1) is 0 Å². The number of nitrogen functional groups attached to an aromatic ring is 1. The lowest BCUT2D eigenvalue weighted by molar-refractivity contribution is -0.649. The molecule has 2 N–H and O–H groups in total. The van der Waals surface area contributed by atoms with Crippen molar-refractivity contribution in [3.05, 3.63) is 82.2 Å². The molecule has 0 fully saturated rings. The van der Waals surface area contributed by atoms with Crippen molar-refractivity contribution in [1.82, 2.24) is 9.38 Å². The molecule has 3 heterocycles. The van der Waals surface area contributed by atoms with Crippen LogP contribution in [0.25, 0.3) is 16.7 Å². The second-order valence-corrected chi connectivity index (χ2v) is 9.17. The van der Waals surface area contributed by atoms with Crippen molar-refractivity contribution in [2.24, 2.45) is 0 Å². The first kappa shape index (κ1) is 19.3. The van der Waals surface area contributed by atoms with E-state index in [-0.39, 0.29) is 33.1 Å². The molecule has 7 nitrogen and oxygen atoms in total. The maximum absolute atomic E-state index is 13.3. The standard InChI is InChI=1S/C20H15BrN4O3S/c1-2-10-25-18(22)16(29(27,28)14-8-6-13(21)7-9-14)12-15-19(25)23-17-5-3-4-11-24(17)20(15)26/h2-9,11-12,22H,1,10H2/p+1. The fourth-order valence-corrected chi connectivity index (χ4v) is 4.82. The van der Waals surface area contributed by atoms with Gasteiger partial charge < -0.3 is 5.73 Å². The van der Waals surface area contributed by atoms with Crippen LogP contribution in [0.3, 0.4) is 0 Å². The number of benzene rings is 1. The van der Waals surface area contributed by atoms with Gasteiger partial charge in [0.15, 0.2) is 0 Å². The van der Waals surface area contributed by atoms with Crippen LogP contribution in [-0.4, -0.2) is 17.8 Å². The first-order valence-corrected chi connectivity index (χ1v) is 10.9. The summed E-state index contributed by atoms with van der Waals surface area (Å²) in [5, 5.41) is 0.153. The molecule has 0 radical (unpaired) electrons. The molecule has 0 unspecified atom stereocenters. The highest BCUT2D eigenvalue weighted by atomic mass is 79.9. The Morgan fingerprint density at radius 3 is 2.62 bits per heavy atom. The number of aromatic nitrogens is 3. The summed E-state index contributed by atoms with van der Waals surface area (Å²) in [7, 11) is -3.97. The minimum atomic E-state index is -3.97. The molecule has 0 spiro atoms. The van der Waals surface area contributed by atoms with E-state index in [1.165, 1.54) is 27.2 Å². The second-order valence-electron chi connectivity index (χ2n) is 6.33. The molecule has 0 bridgehead atoms. The lowest BCUT2D eigenvalue weighted by Gasteiger charge is -2.11. The largest absolute Gasteiger partial charge is 0.317 e. The maximum atomic E-state index is 13.3. The van der Waals surface area contributed by atoms with Gasteiger partial charge in [-0.05, 0) is 42.5 Å². The number of hydrogen-bond acceptors (Lipinski definition) is 5. The van der Waals surface area contributed by atoms with Crippen LogP contribution < -0.4 is 15.9 Å². The summed E-state index contributed by atoms with van der Waals surface area (Å²) < 4.78 is 30.2. The lowest BCUT2D eigenvalue weighted by Crippen LogP contribution is -2.41. The average Bonchev–Trinajstić information content (AvgIpc) is 2.70. The third kappa shape index (κ3) is 3.12. The molecule has 0 saturated carbocycles. The zero-order valence-corrected chi connectivity index (χ0v) is 17.5. The van der Waals surface area contributed by atoms with Gasteiger partial charge in [0.1, 0.15) is 10.3 Å². The number of sulfone groups is 1. The summed E-state index contributed by atoms with van der Waals surface area (Å²) >= 11 is 3.29. The number of allylic oxidation sites excluding steroid dienone is 1. The van der Waals surface area contributed by atoms with Crippen molar-refractivity contribution < 1.29 is 13.0 Å². The molecule has 0 aliphatic heterocycles. The highest BCUT2D eigenvalue weighted by Crippen LogP contribution is 2.27. The summed E-state index contributed by atoms with van der Waals surface area (Å²) in [5.74, 6) is -0.00694. The van der Waals surface area contributed by atoms with Gasteiger partial charge >= 0.3 is 0 Å². The zero-order valence-electron chi connectivity index (χ0n) is 15.1. The van der Waals surface area contributed by atoms with Crippen LogP contribution in [0.4, 0.5) is 5.82 Å². The van der Waals surface area contributed by atoms with Gasteiger partial charge in [0.25, 0.3) is 11.2 Å². The summed E-state index contributed by atoms with van der Waals surface area (Å²) in [4.78, 5) is 17.5. The zero-order chi connectivity index (χ0) is 20.8. The predicted molar refractivity (Wildman–Crippen MR) is 113 cm³/mol. The number of nitrogens with zero attached hydrogens (tertiary/aromatic N) is 3. The van der Waals surface area contributed by atoms with Gasteiger partial charge in [-0.15, -0.1) is 0 Å². The smallest absolute Gasteiger partial charge is 0.278 e. The van der Waals surface area contributed by atoms with E-state index in [4.69, 9.17) is 5.73 Å². The number of anilines is 1. The van der Waals surface area contributed by atoms with E-state index in [2.05, 4.69) is 27.5 Å². The van der Waals surface area contributed by atoms with E-state index in [0.717, 1.165) is 4.47 Å². The van der Waals surface area contributed by atoms with Crippen molar-refractivity contribution in [3.63, 3.8) is 0 Å².